The molecule has 0 N–H and O–H groups in total. The molecule has 0 atom stereocenters. The molecule has 3 heterocycles. The molecule has 2 aromatic rings. The number of nitrogens with zero attached hydrogens (tertiary/aromatic N) is 2. The molecule has 29 heavy (non-hydrogen) atoms. The Bertz CT molecular complexity index is 1010. The van der Waals surface area contributed by atoms with Crippen molar-refractivity contribution in [2.45, 2.75) is 30.1 Å². The van der Waals surface area contributed by atoms with Crippen LogP contribution in [0, 0.1) is 0 Å². The summed E-state index contributed by atoms with van der Waals surface area (Å²) in [5, 5.41) is 0. The largest absolute Gasteiger partial charge is 0.486 e. The van der Waals surface area contributed by atoms with Crippen molar-refractivity contribution >= 4 is 15.7 Å². The minimum Gasteiger partial charge on any atom is -0.486 e. The Morgan fingerprint density at radius 3 is 2.59 bits per heavy atom. The Morgan fingerprint density at radius 2 is 1.86 bits per heavy atom. The predicted molar refractivity (Wildman–Crippen MR) is 107 cm³/mol. The molecule has 1 aromatic heterocycles. The number of amides is 1. The number of rotatable bonds is 4. The lowest BCUT2D eigenvalue weighted by atomic mass is 9.92. The summed E-state index contributed by atoms with van der Waals surface area (Å²) in [5.41, 5.74) is 1.51. The van der Waals surface area contributed by atoms with Crippen molar-refractivity contribution in [1.82, 2.24) is 9.88 Å². The molecule has 1 amide bonds. The van der Waals surface area contributed by atoms with E-state index < -0.39 is 9.84 Å². The van der Waals surface area contributed by atoms with Crippen molar-refractivity contribution in [2.24, 2.45) is 0 Å². The molecule has 4 rings (SSSR count). The molecular formula is C21H24N2O5S. The molecule has 0 saturated carbocycles. The van der Waals surface area contributed by atoms with Gasteiger partial charge in [0.05, 0.1) is 17.0 Å². The SMILES string of the molecule is CS(=O)(=O)c1cccnc1C1CCN(C(=O)Cc2ccc3c(c2)OCCO3)CC1. The quantitative estimate of drug-likeness (QED) is 0.760. The van der Waals surface area contributed by atoms with Gasteiger partial charge in [0.15, 0.2) is 21.3 Å². The highest BCUT2D eigenvalue weighted by molar-refractivity contribution is 7.90. The Balaban J connectivity index is 1.39. The average molecular weight is 416 g/mol. The molecule has 2 aliphatic rings. The van der Waals surface area contributed by atoms with Gasteiger partial charge in [0.1, 0.15) is 13.2 Å². The molecule has 8 heteroatoms. The van der Waals surface area contributed by atoms with E-state index in [0.717, 1.165) is 5.56 Å². The van der Waals surface area contributed by atoms with Gasteiger partial charge in [-0.05, 0) is 42.7 Å². The highest BCUT2D eigenvalue weighted by atomic mass is 32.2. The highest BCUT2D eigenvalue weighted by Gasteiger charge is 2.28. The third-order valence-electron chi connectivity index (χ3n) is 5.40. The minimum atomic E-state index is -3.33. The van der Waals surface area contributed by atoms with Crippen molar-refractivity contribution in [3.63, 3.8) is 0 Å². The van der Waals surface area contributed by atoms with Crippen LogP contribution in [-0.4, -0.2) is 56.8 Å². The van der Waals surface area contributed by atoms with Crippen LogP contribution < -0.4 is 9.47 Å². The van der Waals surface area contributed by atoms with Gasteiger partial charge < -0.3 is 14.4 Å². The second-order valence-corrected chi connectivity index (χ2v) is 9.45. The third kappa shape index (κ3) is 4.37. The molecule has 2 aliphatic heterocycles. The number of hydrogen-bond acceptors (Lipinski definition) is 6. The van der Waals surface area contributed by atoms with Gasteiger partial charge in [-0.1, -0.05) is 6.07 Å². The van der Waals surface area contributed by atoms with Crippen LogP contribution in [0.25, 0.3) is 0 Å². The van der Waals surface area contributed by atoms with Gasteiger partial charge in [-0.2, -0.15) is 0 Å². The lowest BCUT2D eigenvalue weighted by molar-refractivity contribution is -0.131. The van der Waals surface area contributed by atoms with Gasteiger partial charge in [-0.15, -0.1) is 0 Å². The Labute approximate surface area is 170 Å². The van der Waals surface area contributed by atoms with Crippen LogP contribution in [0.4, 0.5) is 0 Å². The zero-order chi connectivity index (χ0) is 20.4. The first-order valence-electron chi connectivity index (χ1n) is 9.73. The molecule has 1 aromatic carbocycles. The van der Waals surface area contributed by atoms with Gasteiger partial charge >= 0.3 is 0 Å². The molecule has 0 radical (unpaired) electrons. The maximum absolute atomic E-state index is 12.7. The van der Waals surface area contributed by atoms with Gasteiger partial charge in [-0.3, -0.25) is 9.78 Å². The van der Waals surface area contributed by atoms with Gasteiger partial charge in [0, 0.05) is 31.5 Å². The number of benzene rings is 1. The van der Waals surface area contributed by atoms with Crippen LogP contribution in [-0.2, 0) is 21.1 Å². The fraction of sp³-hybridized carbons (Fsp3) is 0.429. The molecule has 0 spiro atoms. The van der Waals surface area contributed by atoms with E-state index in [4.69, 9.17) is 9.47 Å². The van der Waals surface area contributed by atoms with E-state index >= 15 is 0 Å². The van der Waals surface area contributed by atoms with Crippen LogP contribution in [0.5, 0.6) is 11.5 Å². The van der Waals surface area contributed by atoms with E-state index in [1.807, 2.05) is 23.1 Å². The summed E-state index contributed by atoms with van der Waals surface area (Å²) in [6.07, 6.45) is 4.54. The fourth-order valence-corrected chi connectivity index (χ4v) is 4.83. The zero-order valence-electron chi connectivity index (χ0n) is 16.3. The first kappa shape index (κ1) is 19.7. The van der Waals surface area contributed by atoms with Crippen LogP contribution in [0.2, 0.25) is 0 Å². The summed E-state index contributed by atoms with van der Waals surface area (Å²) in [7, 11) is -3.33. The first-order valence-corrected chi connectivity index (χ1v) is 11.6. The number of pyridine rings is 1. The highest BCUT2D eigenvalue weighted by Crippen LogP contribution is 2.33. The summed E-state index contributed by atoms with van der Waals surface area (Å²) in [6, 6.07) is 8.86. The number of carbonyl (C=O) groups is 1. The second-order valence-electron chi connectivity index (χ2n) is 7.47. The Hall–Kier alpha value is -2.61. The number of hydrogen-bond donors (Lipinski definition) is 0. The number of piperidine rings is 1. The molecular weight excluding hydrogens is 392 g/mol. The standard InChI is InChI=1S/C21H24N2O5S/c1-29(25,26)19-3-2-8-22-21(19)16-6-9-23(10-7-16)20(24)14-15-4-5-17-18(13-15)28-12-11-27-17/h2-5,8,13,16H,6-7,9-12,14H2,1H3. The molecule has 0 bridgehead atoms. The molecule has 1 saturated heterocycles. The first-order chi connectivity index (χ1) is 13.9. The van der Waals surface area contributed by atoms with E-state index in [0.29, 0.717) is 67.7 Å². The van der Waals surface area contributed by atoms with Gasteiger partial charge in [0.2, 0.25) is 5.91 Å². The van der Waals surface area contributed by atoms with Gasteiger partial charge in [0.25, 0.3) is 0 Å². The summed E-state index contributed by atoms with van der Waals surface area (Å²) >= 11 is 0. The minimum absolute atomic E-state index is 0.0410. The molecule has 1 fully saturated rings. The van der Waals surface area contributed by atoms with Gasteiger partial charge in [-0.25, -0.2) is 8.42 Å². The van der Waals surface area contributed by atoms with E-state index in [1.165, 1.54) is 6.26 Å². The van der Waals surface area contributed by atoms with Crippen molar-refractivity contribution in [2.75, 3.05) is 32.6 Å². The van der Waals surface area contributed by atoms with Crippen LogP contribution in [0.15, 0.2) is 41.4 Å². The number of sulfone groups is 1. The van der Waals surface area contributed by atoms with Crippen LogP contribution >= 0.6 is 0 Å². The van der Waals surface area contributed by atoms with Crippen molar-refractivity contribution in [1.29, 1.82) is 0 Å². The number of carbonyl (C=O) groups excluding carboxylic acids is 1. The fourth-order valence-electron chi connectivity index (χ4n) is 3.91. The smallest absolute Gasteiger partial charge is 0.226 e. The van der Waals surface area contributed by atoms with E-state index in [-0.39, 0.29) is 11.8 Å². The number of ether oxygens (including phenoxy) is 2. The normalized spacial score (nSPS) is 17.2. The lowest BCUT2D eigenvalue weighted by Crippen LogP contribution is -2.39. The summed E-state index contributed by atoms with van der Waals surface area (Å²) < 4.78 is 35.2. The van der Waals surface area contributed by atoms with E-state index in [2.05, 4.69) is 4.98 Å². The molecule has 7 nitrogen and oxygen atoms in total. The molecule has 0 aliphatic carbocycles. The third-order valence-corrected chi connectivity index (χ3v) is 6.54. The summed E-state index contributed by atoms with van der Waals surface area (Å²) in [5.74, 6) is 1.50. The average Bonchev–Trinajstić information content (AvgIpc) is 2.73. The lowest BCUT2D eigenvalue weighted by Gasteiger charge is -2.32. The molecule has 0 unspecified atom stereocenters. The summed E-state index contributed by atoms with van der Waals surface area (Å²) in [6.45, 7) is 2.24. The van der Waals surface area contributed by atoms with Crippen LogP contribution in [0.3, 0.4) is 0 Å². The van der Waals surface area contributed by atoms with Crippen molar-refractivity contribution < 1.29 is 22.7 Å². The Kier molecular flexibility index (Phi) is 5.45. The number of likely N-dealkylation sites (tertiary alicyclic amines) is 1. The maximum Gasteiger partial charge on any atom is 0.226 e. The van der Waals surface area contributed by atoms with Crippen LogP contribution in [0.1, 0.15) is 30.0 Å². The Morgan fingerprint density at radius 1 is 1.14 bits per heavy atom. The van der Waals surface area contributed by atoms with Crippen molar-refractivity contribution in [3.8, 4) is 11.5 Å². The summed E-state index contributed by atoms with van der Waals surface area (Å²) in [4.78, 5) is 19.2. The predicted octanol–water partition coefficient (Wildman–Crippen LogP) is 2.21. The van der Waals surface area contributed by atoms with Crippen molar-refractivity contribution in [3.05, 3.63) is 47.8 Å². The van der Waals surface area contributed by atoms with E-state index in [9.17, 15) is 13.2 Å². The molecule has 154 valence electrons. The maximum atomic E-state index is 12.7. The number of fused-ring (bicyclic) bond motifs is 1. The monoisotopic (exact) mass is 416 g/mol. The zero-order valence-corrected chi connectivity index (χ0v) is 17.2. The topological polar surface area (TPSA) is 85.8 Å². The second kappa shape index (κ2) is 8.02. The van der Waals surface area contributed by atoms with E-state index in [1.54, 1.807) is 18.3 Å². The number of aromatic nitrogens is 1.